The Bertz CT molecular complexity index is 901. The third kappa shape index (κ3) is 3.58. The van der Waals surface area contributed by atoms with E-state index in [2.05, 4.69) is 16.8 Å². The maximum atomic E-state index is 12.7. The Morgan fingerprint density at radius 1 is 1.12 bits per heavy atom. The van der Waals surface area contributed by atoms with Gasteiger partial charge in [0.05, 0.1) is 11.3 Å². The fourth-order valence-electron chi connectivity index (χ4n) is 2.79. The number of fused-ring (bicyclic) bond motifs is 1. The Kier molecular flexibility index (Phi) is 4.16. The zero-order chi connectivity index (χ0) is 18.2. The molecule has 1 aliphatic carbocycles. The number of hydrogen-bond donors (Lipinski definition) is 0. The minimum atomic E-state index is -4.39. The van der Waals surface area contributed by atoms with Crippen LogP contribution in [-0.2, 0) is 12.6 Å². The van der Waals surface area contributed by atoms with Gasteiger partial charge in [0.1, 0.15) is 5.69 Å². The Balaban J connectivity index is 1.89. The van der Waals surface area contributed by atoms with Gasteiger partial charge in [0.2, 0.25) is 0 Å². The van der Waals surface area contributed by atoms with Crippen LogP contribution in [0.25, 0.3) is 0 Å². The summed E-state index contributed by atoms with van der Waals surface area (Å²) in [4.78, 5) is 16.8. The van der Waals surface area contributed by atoms with E-state index in [9.17, 15) is 18.0 Å². The van der Waals surface area contributed by atoms with Gasteiger partial charge in [-0.1, -0.05) is 25.8 Å². The van der Waals surface area contributed by atoms with Gasteiger partial charge in [0, 0.05) is 16.5 Å². The largest absolute Gasteiger partial charge is 0.416 e. The summed E-state index contributed by atoms with van der Waals surface area (Å²) in [5, 5.41) is 0. The summed E-state index contributed by atoms with van der Waals surface area (Å²) < 4.78 is 38.2. The van der Waals surface area contributed by atoms with Crippen LogP contribution < -0.4 is 0 Å². The van der Waals surface area contributed by atoms with Gasteiger partial charge in [-0.3, -0.25) is 4.79 Å². The topological polar surface area (TPSA) is 30.0 Å². The molecule has 0 unspecified atom stereocenters. The molecular weight excluding hydrogens is 327 g/mol. The molecule has 3 rings (SSSR count). The molecule has 0 atom stereocenters. The highest BCUT2D eigenvalue weighted by atomic mass is 19.4. The molecule has 1 heterocycles. The van der Waals surface area contributed by atoms with E-state index in [1.807, 2.05) is 13.8 Å². The van der Waals surface area contributed by atoms with Crippen LogP contribution in [0.4, 0.5) is 13.2 Å². The van der Waals surface area contributed by atoms with Gasteiger partial charge >= 0.3 is 6.18 Å². The second kappa shape index (κ2) is 6.03. The molecule has 1 aliphatic rings. The monoisotopic (exact) mass is 343 g/mol. The number of pyridine rings is 1. The number of aromatic nitrogens is 1. The van der Waals surface area contributed by atoms with Gasteiger partial charge in [0.15, 0.2) is 5.78 Å². The number of nitrogens with zero attached hydrogens (tertiary/aromatic N) is 1. The van der Waals surface area contributed by atoms with Crippen molar-refractivity contribution in [3.05, 3.63) is 64.5 Å². The first-order chi connectivity index (χ1) is 11.7. The second-order valence-corrected chi connectivity index (χ2v) is 6.73. The van der Waals surface area contributed by atoms with E-state index >= 15 is 0 Å². The van der Waals surface area contributed by atoms with Crippen LogP contribution in [0.5, 0.6) is 0 Å². The first-order valence-corrected chi connectivity index (χ1v) is 7.91. The first-order valence-electron chi connectivity index (χ1n) is 7.91. The first kappa shape index (κ1) is 17.2. The molecule has 0 radical (unpaired) electrons. The summed E-state index contributed by atoms with van der Waals surface area (Å²) >= 11 is 0. The van der Waals surface area contributed by atoms with Crippen molar-refractivity contribution in [2.24, 2.45) is 5.41 Å². The number of hydrogen-bond acceptors (Lipinski definition) is 2. The zero-order valence-corrected chi connectivity index (χ0v) is 13.9. The van der Waals surface area contributed by atoms with Crippen molar-refractivity contribution in [2.45, 2.75) is 32.9 Å². The van der Waals surface area contributed by atoms with E-state index in [-0.39, 0.29) is 16.8 Å². The van der Waals surface area contributed by atoms with Crippen molar-refractivity contribution in [1.82, 2.24) is 4.98 Å². The minimum absolute atomic E-state index is 0.0682. The fourth-order valence-corrected chi connectivity index (χ4v) is 2.79. The van der Waals surface area contributed by atoms with E-state index < -0.39 is 11.7 Å². The molecule has 0 amide bonds. The summed E-state index contributed by atoms with van der Waals surface area (Å²) in [5.41, 5.74) is 0.918. The lowest BCUT2D eigenvalue weighted by molar-refractivity contribution is -0.137. The molecule has 5 heteroatoms. The number of ketones is 1. The highest BCUT2D eigenvalue weighted by molar-refractivity contribution is 6.01. The third-order valence-corrected chi connectivity index (χ3v) is 4.35. The lowest BCUT2D eigenvalue weighted by Gasteiger charge is -2.28. The predicted octanol–water partition coefficient (Wildman–Crippen LogP) is 4.66. The van der Waals surface area contributed by atoms with E-state index in [0.717, 1.165) is 18.6 Å². The van der Waals surface area contributed by atoms with Crippen LogP contribution in [0.15, 0.2) is 36.4 Å². The Labute approximate surface area is 144 Å². The summed E-state index contributed by atoms with van der Waals surface area (Å²) in [6.07, 6.45) is -2.99. The van der Waals surface area contributed by atoms with Gasteiger partial charge in [-0.05, 0) is 49.1 Å². The van der Waals surface area contributed by atoms with E-state index in [0.29, 0.717) is 23.4 Å². The van der Waals surface area contributed by atoms with Crippen molar-refractivity contribution >= 4 is 5.78 Å². The Morgan fingerprint density at radius 3 is 2.60 bits per heavy atom. The number of rotatable bonds is 0. The molecule has 0 bridgehead atoms. The second-order valence-electron chi connectivity index (χ2n) is 6.73. The molecule has 0 aliphatic heterocycles. The number of alkyl halides is 3. The molecule has 0 spiro atoms. The van der Waals surface area contributed by atoms with Crippen molar-refractivity contribution in [3.8, 4) is 11.8 Å². The maximum absolute atomic E-state index is 12.7. The van der Waals surface area contributed by atoms with E-state index in [1.165, 1.54) is 12.1 Å². The third-order valence-electron chi connectivity index (χ3n) is 4.35. The average Bonchev–Trinajstić information content (AvgIpc) is 2.56. The van der Waals surface area contributed by atoms with Crippen LogP contribution in [0.2, 0.25) is 0 Å². The van der Waals surface area contributed by atoms with Crippen LogP contribution in [0.1, 0.15) is 53.1 Å². The number of halogens is 3. The molecule has 0 fully saturated rings. The number of benzene rings is 1. The molecule has 128 valence electrons. The van der Waals surface area contributed by atoms with E-state index in [4.69, 9.17) is 0 Å². The van der Waals surface area contributed by atoms with Gasteiger partial charge in [-0.15, -0.1) is 0 Å². The number of Topliss-reactive ketones (excluding diaryl/α,β-unsaturated/α-hetero) is 1. The minimum Gasteiger partial charge on any atom is -0.294 e. The normalized spacial score (nSPS) is 16.0. The average molecular weight is 343 g/mol. The van der Waals surface area contributed by atoms with Crippen LogP contribution in [0.3, 0.4) is 0 Å². The van der Waals surface area contributed by atoms with Gasteiger partial charge in [0.25, 0.3) is 0 Å². The molecule has 2 aromatic rings. The van der Waals surface area contributed by atoms with E-state index in [1.54, 1.807) is 12.1 Å². The van der Waals surface area contributed by atoms with Gasteiger partial charge in [-0.25, -0.2) is 4.98 Å². The van der Waals surface area contributed by atoms with Crippen LogP contribution in [-0.4, -0.2) is 10.8 Å². The van der Waals surface area contributed by atoms with Crippen molar-refractivity contribution in [2.75, 3.05) is 0 Å². The molecule has 1 aromatic carbocycles. The van der Waals surface area contributed by atoms with Crippen LogP contribution >= 0.6 is 0 Å². The quantitative estimate of drug-likeness (QED) is 0.652. The lowest BCUT2D eigenvalue weighted by Crippen LogP contribution is -2.31. The number of aryl methyl sites for hydroxylation is 1. The fraction of sp³-hybridized carbons (Fsp3) is 0.300. The van der Waals surface area contributed by atoms with Crippen molar-refractivity contribution in [3.63, 3.8) is 0 Å². The molecule has 25 heavy (non-hydrogen) atoms. The molecule has 2 nitrogen and oxygen atoms in total. The SMILES string of the molecule is CC1(C)CCc2nc(C#Cc3cccc(C(F)(F)F)c3)ccc2C1=O. The highest BCUT2D eigenvalue weighted by Gasteiger charge is 2.34. The molecule has 0 saturated carbocycles. The standard InChI is InChI=1S/C20H16F3NO/c1-19(2)11-10-17-16(18(19)25)9-8-15(24-17)7-6-13-4-3-5-14(12-13)20(21,22)23/h3-5,8-9,12H,10-11H2,1-2H3. The zero-order valence-electron chi connectivity index (χ0n) is 13.9. The van der Waals surface area contributed by atoms with Crippen molar-refractivity contribution < 1.29 is 18.0 Å². The van der Waals surface area contributed by atoms with Crippen LogP contribution in [0, 0.1) is 17.3 Å². The molecule has 1 aromatic heterocycles. The van der Waals surface area contributed by atoms with Gasteiger partial charge < -0.3 is 0 Å². The smallest absolute Gasteiger partial charge is 0.294 e. The molecule has 0 N–H and O–H groups in total. The van der Waals surface area contributed by atoms with Crippen molar-refractivity contribution in [1.29, 1.82) is 0 Å². The maximum Gasteiger partial charge on any atom is 0.416 e. The number of carbonyl (C=O) groups is 1. The lowest BCUT2D eigenvalue weighted by atomic mass is 9.75. The summed E-state index contributed by atoms with van der Waals surface area (Å²) in [6, 6.07) is 8.22. The Hall–Kier alpha value is -2.61. The number of carbonyl (C=O) groups excluding carboxylic acids is 1. The molecule has 0 saturated heterocycles. The summed E-state index contributed by atoms with van der Waals surface area (Å²) in [5.74, 6) is 5.56. The molecular formula is C20H16F3NO. The predicted molar refractivity (Wildman–Crippen MR) is 88.1 cm³/mol. The summed E-state index contributed by atoms with van der Waals surface area (Å²) in [7, 11) is 0. The summed E-state index contributed by atoms with van der Waals surface area (Å²) in [6.45, 7) is 3.83. The van der Waals surface area contributed by atoms with Gasteiger partial charge in [-0.2, -0.15) is 13.2 Å². The highest BCUT2D eigenvalue weighted by Crippen LogP contribution is 2.34. The Morgan fingerprint density at radius 2 is 1.88 bits per heavy atom.